The Labute approximate surface area is 163 Å². The molecule has 0 spiro atoms. The third-order valence-electron chi connectivity index (χ3n) is 3.96. The Balaban J connectivity index is 1.45. The van der Waals surface area contributed by atoms with Crippen molar-refractivity contribution >= 4 is 11.8 Å². The highest BCUT2D eigenvalue weighted by Crippen LogP contribution is 2.31. The summed E-state index contributed by atoms with van der Waals surface area (Å²) in [5, 5.41) is 12.3. The molecule has 2 aromatic carbocycles. The molecule has 0 unspecified atom stereocenters. The van der Waals surface area contributed by atoms with Crippen molar-refractivity contribution in [3.05, 3.63) is 59.7 Å². The van der Waals surface area contributed by atoms with Gasteiger partial charge in [0, 0.05) is 5.56 Å². The Morgan fingerprint density at radius 3 is 2.82 bits per heavy atom. The van der Waals surface area contributed by atoms with Gasteiger partial charge in [-0.25, -0.2) is 4.39 Å². The molecule has 0 N–H and O–H groups in total. The van der Waals surface area contributed by atoms with Gasteiger partial charge in [0.1, 0.15) is 11.6 Å². The van der Waals surface area contributed by atoms with Crippen LogP contribution in [0.4, 0.5) is 4.39 Å². The highest BCUT2D eigenvalue weighted by atomic mass is 32.2. The van der Waals surface area contributed by atoms with E-state index in [-0.39, 0.29) is 5.82 Å². The van der Waals surface area contributed by atoms with Crippen LogP contribution in [0.3, 0.4) is 0 Å². The quantitative estimate of drug-likeness (QED) is 0.438. The second-order valence-electron chi connectivity index (χ2n) is 5.84. The monoisotopic (exact) mass is 398 g/mol. The summed E-state index contributed by atoms with van der Waals surface area (Å²) in [4.78, 5) is 4.28. The van der Waals surface area contributed by atoms with Crippen molar-refractivity contribution in [3.8, 4) is 28.6 Å². The van der Waals surface area contributed by atoms with Crippen molar-refractivity contribution in [3.63, 3.8) is 0 Å². The van der Waals surface area contributed by atoms with E-state index >= 15 is 0 Å². The fourth-order valence-electron chi connectivity index (χ4n) is 2.48. The first-order chi connectivity index (χ1) is 13.6. The zero-order valence-electron chi connectivity index (χ0n) is 15.0. The molecule has 9 heteroatoms. The molecule has 28 heavy (non-hydrogen) atoms. The first-order valence-corrected chi connectivity index (χ1v) is 9.31. The third kappa shape index (κ3) is 3.74. The molecule has 7 nitrogen and oxygen atoms in total. The number of aromatic nitrogens is 4. The molecule has 0 bridgehead atoms. The van der Waals surface area contributed by atoms with Crippen LogP contribution in [0.1, 0.15) is 11.5 Å². The molecular weight excluding hydrogens is 383 g/mol. The van der Waals surface area contributed by atoms with Gasteiger partial charge in [0.2, 0.25) is 11.7 Å². The smallest absolute Gasteiger partial charge is 0.277 e. The van der Waals surface area contributed by atoms with Crippen LogP contribution in [0.15, 0.2) is 56.6 Å². The standard InChI is InChI=1S/C19H15FN4O3S/c1-11-7-8-12(9-14(11)20)17-21-16(27-24-17)10-28-19-23-22-18(26-19)13-5-3-4-6-15(13)25-2/h3-9H,10H2,1-2H3. The molecule has 0 aliphatic carbocycles. The van der Waals surface area contributed by atoms with Crippen LogP contribution >= 0.6 is 11.8 Å². The molecule has 0 aliphatic rings. The Morgan fingerprint density at radius 1 is 1.14 bits per heavy atom. The Kier molecular flexibility index (Phi) is 5.07. The van der Waals surface area contributed by atoms with E-state index in [1.54, 1.807) is 26.2 Å². The summed E-state index contributed by atoms with van der Waals surface area (Å²) in [6.07, 6.45) is 0. The minimum absolute atomic E-state index is 0.312. The number of benzene rings is 2. The molecule has 142 valence electrons. The van der Waals surface area contributed by atoms with Crippen molar-refractivity contribution in [2.24, 2.45) is 0 Å². The topological polar surface area (TPSA) is 87.1 Å². The predicted octanol–water partition coefficient (Wildman–Crippen LogP) is 4.54. The summed E-state index contributed by atoms with van der Waals surface area (Å²) in [5.74, 6) is 1.74. The summed E-state index contributed by atoms with van der Waals surface area (Å²) in [6.45, 7) is 1.70. The van der Waals surface area contributed by atoms with E-state index in [1.807, 2.05) is 24.3 Å². The maximum absolute atomic E-state index is 13.7. The van der Waals surface area contributed by atoms with Gasteiger partial charge in [0.15, 0.2) is 0 Å². The maximum Gasteiger partial charge on any atom is 0.277 e. The lowest BCUT2D eigenvalue weighted by atomic mass is 10.1. The maximum atomic E-state index is 13.7. The number of rotatable bonds is 6. The molecular formula is C19H15FN4O3S. The zero-order chi connectivity index (χ0) is 19.5. The highest BCUT2D eigenvalue weighted by Gasteiger charge is 2.15. The Hall–Kier alpha value is -3.20. The second-order valence-corrected chi connectivity index (χ2v) is 6.76. The van der Waals surface area contributed by atoms with Gasteiger partial charge in [-0.3, -0.25) is 0 Å². The minimum atomic E-state index is -0.312. The number of methoxy groups -OCH3 is 1. The minimum Gasteiger partial charge on any atom is -0.496 e. The Morgan fingerprint density at radius 2 is 2.00 bits per heavy atom. The first-order valence-electron chi connectivity index (χ1n) is 8.33. The van der Waals surface area contributed by atoms with Crippen LogP contribution in [0, 0.1) is 12.7 Å². The average molecular weight is 398 g/mol. The number of ether oxygens (including phenoxy) is 1. The second kappa shape index (κ2) is 7.81. The van der Waals surface area contributed by atoms with E-state index in [2.05, 4.69) is 20.3 Å². The molecule has 2 heterocycles. The van der Waals surface area contributed by atoms with E-state index in [0.717, 1.165) is 0 Å². The Bertz CT molecular complexity index is 1110. The van der Waals surface area contributed by atoms with Crippen LogP contribution in [-0.2, 0) is 5.75 Å². The van der Waals surface area contributed by atoms with Crippen molar-refractivity contribution in [1.82, 2.24) is 20.3 Å². The molecule has 0 fully saturated rings. The molecule has 0 saturated heterocycles. The van der Waals surface area contributed by atoms with Gasteiger partial charge in [-0.15, -0.1) is 10.2 Å². The lowest BCUT2D eigenvalue weighted by Crippen LogP contribution is -1.87. The number of hydrogen-bond donors (Lipinski definition) is 0. The molecule has 0 amide bonds. The van der Waals surface area contributed by atoms with Crippen molar-refractivity contribution in [1.29, 1.82) is 0 Å². The summed E-state index contributed by atoms with van der Waals surface area (Å²) in [7, 11) is 1.58. The number of hydrogen-bond acceptors (Lipinski definition) is 8. The van der Waals surface area contributed by atoms with Gasteiger partial charge in [-0.2, -0.15) is 4.98 Å². The summed E-state index contributed by atoms with van der Waals surface area (Å²) < 4.78 is 29.9. The predicted molar refractivity (Wildman–Crippen MR) is 100 cm³/mol. The number of aryl methyl sites for hydroxylation is 1. The van der Waals surface area contributed by atoms with Crippen LogP contribution < -0.4 is 4.74 Å². The molecule has 0 aliphatic heterocycles. The van der Waals surface area contributed by atoms with Crippen LogP contribution in [-0.4, -0.2) is 27.4 Å². The van der Waals surface area contributed by atoms with E-state index in [9.17, 15) is 4.39 Å². The van der Waals surface area contributed by atoms with E-state index in [1.165, 1.54) is 17.8 Å². The normalized spacial score (nSPS) is 11.0. The first kappa shape index (κ1) is 18.2. The lowest BCUT2D eigenvalue weighted by molar-refractivity contribution is 0.390. The van der Waals surface area contributed by atoms with E-state index in [0.29, 0.717) is 51.0 Å². The third-order valence-corrected chi connectivity index (χ3v) is 4.76. The van der Waals surface area contributed by atoms with Gasteiger partial charge in [-0.05, 0) is 30.7 Å². The van der Waals surface area contributed by atoms with Gasteiger partial charge < -0.3 is 13.7 Å². The van der Waals surface area contributed by atoms with Crippen molar-refractivity contribution in [2.75, 3.05) is 7.11 Å². The fraction of sp³-hybridized carbons (Fsp3) is 0.158. The van der Waals surface area contributed by atoms with Gasteiger partial charge in [0.05, 0.1) is 18.4 Å². The number of nitrogens with zero attached hydrogens (tertiary/aromatic N) is 4. The van der Waals surface area contributed by atoms with E-state index in [4.69, 9.17) is 13.7 Å². The fourth-order valence-corrected chi connectivity index (χ4v) is 3.09. The molecule has 0 radical (unpaired) electrons. The molecule has 0 saturated carbocycles. The summed E-state index contributed by atoms with van der Waals surface area (Å²) in [5.41, 5.74) is 1.83. The van der Waals surface area contributed by atoms with Gasteiger partial charge >= 0.3 is 0 Å². The largest absolute Gasteiger partial charge is 0.496 e. The van der Waals surface area contributed by atoms with Crippen LogP contribution in [0.25, 0.3) is 22.8 Å². The number of halogens is 1. The van der Waals surface area contributed by atoms with Gasteiger partial charge in [0.25, 0.3) is 11.1 Å². The summed E-state index contributed by atoms with van der Waals surface area (Å²) >= 11 is 1.27. The average Bonchev–Trinajstić information content (AvgIpc) is 3.38. The molecule has 4 aromatic rings. The van der Waals surface area contributed by atoms with E-state index < -0.39 is 0 Å². The van der Waals surface area contributed by atoms with Crippen molar-refractivity contribution in [2.45, 2.75) is 17.9 Å². The number of thioether (sulfide) groups is 1. The SMILES string of the molecule is COc1ccccc1-c1nnc(SCc2nc(-c3ccc(C)c(F)c3)no2)o1. The highest BCUT2D eigenvalue weighted by molar-refractivity contribution is 7.98. The molecule has 4 rings (SSSR count). The van der Waals surface area contributed by atoms with Crippen molar-refractivity contribution < 1.29 is 18.1 Å². The van der Waals surface area contributed by atoms with Crippen LogP contribution in [0.5, 0.6) is 5.75 Å². The molecule has 0 atom stereocenters. The lowest BCUT2D eigenvalue weighted by Gasteiger charge is -2.03. The van der Waals surface area contributed by atoms with Crippen LogP contribution in [0.2, 0.25) is 0 Å². The summed E-state index contributed by atoms with van der Waals surface area (Å²) in [6, 6.07) is 12.2. The number of para-hydroxylation sites is 1. The van der Waals surface area contributed by atoms with Gasteiger partial charge in [-0.1, -0.05) is 41.2 Å². The zero-order valence-corrected chi connectivity index (χ0v) is 15.9. The molecule has 2 aromatic heterocycles.